The second-order valence-corrected chi connectivity index (χ2v) is 6.84. The number of hydrogen-bond donors (Lipinski definition) is 3. The zero-order valence-electron chi connectivity index (χ0n) is 17.2. The molecule has 3 rings (SSSR count). The molecule has 1 aromatic heterocycles. The number of aliphatic imine (C=N–C) groups is 1. The molecule has 1 heterocycles. The van der Waals surface area contributed by atoms with Gasteiger partial charge in [0.25, 0.3) is 0 Å². The molecule has 2 aromatic carbocycles. The van der Waals surface area contributed by atoms with Gasteiger partial charge >= 0.3 is 0 Å². The normalized spacial score (nSPS) is 12.3. The summed E-state index contributed by atoms with van der Waals surface area (Å²) in [6.07, 6.45) is 1.84. The molecule has 0 spiro atoms. The first-order valence-electron chi connectivity index (χ1n) is 9.71. The third kappa shape index (κ3) is 6.62. The molecule has 3 aromatic rings. The number of nitrogens with one attached hydrogen (secondary N) is 3. The van der Waals surface area contributed by atoms with E-state index in [9.17, 15) is 0 Å². The van der Waals surface area contributed by atoms with Crippen LogP contribution in [-0.2, 0) is 6.42 Å². The number of H-pyrrole nitrogens is 1. The van der Waals surface area contributed by atoms with Crippen molar-refractivity contribution < 1.29 is 4.74 Å². The SMILES string of the molecule is CN=C(NCCc1nc2ccccc2[nH]1)NCCC(C)c1ccc(OC)cc1.I. The van der Waals surface area contributed by atoms with Crippen LogP contribution in [0.4, 0.5) is 0 Å². The summed E-state index contributed by atoms with van der Waals surface area (Å²) in [6.45, 7) is 3.87. The van der Waals surface area contributed by atoms with Crippen LogP contribution in [0.15, 0.2) is 53.5 Å². The maximum Gasteiger partial charge on any atom is 0.190 e. The predicted octanol–water partition coefficient (Wildman–Crippen LogP) is 4.09. The fourth-order valence-electron chi connectivity index (χ4n) is 3.15. The van der Waals surface area contributed by atoms with Gasteiger partial charge in [0, 0.05) is 26.6 Å². The highest BCUT2D eigenvalue weighted by atomic mass is 127. The van der Waals surface area contributed by atoms with Crippen LogP contribution in [0, 0.1) is 0 Å². The Morgan fingerprint density at radius 1 is 1.10 bits per heavy atom. The van der Waals surface area contributed by atoms with Gasteiger partial charge in [-0.2, -0.15) is 0 Å². The van der Waals surface area contributed by atoms with Crippen molar-refractivity contribution in [2.75, 3.05) is 27.2 Å². The van der Waals surface area contributed by atoms with E-state index in [2.05, 4.69) is 44.7 Å². The van der Waals surface area contributed by atoms with Crippen molar-refractivity contribution >= 4 is 41.0 Å². The summed E-state index contributed by atoms with van der Waals surface area (Å²) in [5.41, 5.74) is 3.40. The van der Waals surface area contributed by atoms with Crippen molar-refractivity contribution in [3.63, 3.8) is 0 Å². The molecule has 1 unspecified atom stereocenters. The number of aromatic nitrogens is 2. The number of ether oxygens (including phenoxy) is 1. The number of guanidine groups is 1. The number of aromatic amines is 1. The first-order chi connectivity index (χ1) is 13.7. The zero-order valence-corrected chi connectivity index (χ0v) is 19.6. The molecule has 0 fully saturated rings. The number of hydrogen-bond acceptors (Lipinski definition) is 3. The van der Waals surface area contributed by atoms with Gasteiger partial charge < -0.3 is 20.4 Å². The lowest BCUT2D eigenvalue weighted by atomic mass is 9.98. The van der Waals surface area contributed by atoms with Gasteiger partial charge in [-0.15, -0.1) is 24.0 Å². The average molecular weight is 507 g/mol. The Morgan fingerprint density at radius 3 is 2.52 bits per heavy atom. The van der Waals surface area contributed by atoms with Gasteiger partial charge in [0.2, 0.25) is 0 Å². The molecule has 1 atom stereocenters. The molecule has 0 aliphatic heterocycles. The van der Waals surface area contributed by atoms with E-state index in [1.165, 1.54) is 5.56 Å². The Labute approximate surface area is 189 Å². The minimum atomic E-state index is 0. The number of halogens is 1. The molecule has 0 amide bonds. The molecule has 0 saturated carbocycles. The van der Waals surface area contributed by atoms with Gasteiger partial charge in [-0.25, -0.2) is 4.98 Å². The third-order valence-electron chi connectivity index (χ3n) is 4.87. The van der Waals surface area contributed by atoms with Gasteiger partial charge in [0.1, 0.15) is 11.6 Å². The molecular weight excluding hydrogens is 477 g/mol. The third-order valence-corrected chi connectivity index (χ3v) is 4.87. The van der Waals surface area contributed by atoms with Gasteiger partial charge in [0.15, 0.2) is 5.96 Å². The number of benzene rings is 2. The molecule has 7 heteroatoms. The molecular formula is C22H30IN5O. The summed E-state index contributed by atoms with van der Waals surface area (Å²) >= 11 is 0. The first kappa shape index (κ1) is 23.0. The number of imidazole rings is 1. The van der Waals surface area contributed by atoms with Crippen LogP contribution in [0.3, 0.4) is 0 Å². The minimum absolute atomic E-state index is 0. The van der Waals surface area contributed by atoms with Gasteiger partial charge in [0.05, 0.1) is 18.1 Å². The van der Waals surface area contributed by atoms with E-state index in [0.717, 1.165) is 54.5 Å². The van der Waals surface area contributed by atoms with Crippen molar-refractivity contribution in [1.82, 2.24) is 20.6 Å². The maximum atomic E-state index is 5.22. The van der Waals surface area contributed by atoms with Gasteiger partial charge in [-0.3, -0.25) is 4.99 Å². The molecule has 0 saturated heterocycles. The molecule has 156 valence electrons. The lowest BCUT2D eigenvalue weighted by molar-refractivity contribution is 0.414. The fraction of sp³-hybridized carbons (Fsp3) is 0.364. The van der Waals surface area contributed by atoms with Crippen molar-refractivity contribution in [2.45, 2.75) is 25.7 Å². The topological polar surface area (TPSA) is 74.3 Å². The van der Waals surface area contributed by atoms with Crippen molar-refractivity contribution in [3.8, 4) is 5.75 Å². The van der Waals surface area contributed by atoms with Crippen LogP contribution < -0.4 is 15.4 Å². The summed E-state index contributed by atoms with van der Waals surface area (Å²) in [4.78, 5) is 12.3. The van der Waals surface area contributed by atoms with Crippen molar-refractivity contribution in [1.29, 1.82) is 0 Å². The molecule has 3 N–H and O–H groups in total. The van der Waals surface area contributed by atoms with Crippen LogP contribution in [-0.4, -0.2) is 43.2 Å². The highest BCUT2D eigenvalue weighted by Crippen LogP contribution is 2.21. The number of nitrogens with zero attached hydrogens (tertiary/aromatic N) is 2. The Balaban J connectivity index is 0.00000300. The monoisotopic (exact) mass is 507 g/mol. The summed E-state index contributed by atoms with van der Waals surface area (Å²) in [6, 6.07) is 16.4. The molecule has 0 radical (unpaired) electrons. The van der Waals surface area contributed by atoms with Crippen LogP contribution in [0.25, 0.3) is 11.0 Å². The molecule has 6 nitrogen and oxygen atoms in total. The number of methoxy groups -OCH3 is 1. The Morgan fingerprint density at radius 2 is 1.83 bits per heavy atom. The highest BCUT2D eigenvalue weighted by molar-refractivity contribution is 14.0. The molecule has 0 aliphatic rings. The first-order valence-corrected chi connectivity index (χ1v) is 9.71. The van der Waals surface area contributed by atoms with Crippen molar-refractivity contribution in [3.05, 3.63) is 59.9 Å². The van der Waals surface area contributed by atoms with Crippen LogP contribution >= 0.6 is 24.0 Å². The lowest BCUT2D eigenvalue weighted by Crippen LogP contribution is -2.39. The molecule has 0 bridgehead atoms. The average Bonchev–Trinajstić information content (AvgIpc) is 3.15. The Kier molecular flexibility index (Phi) is 9.24. The van der Waals surface area contributed by atoms with E-state index in [0.29, 0.717) is 5.92 Å². The molecule has 29 heavy (non-hydrogen) atoms. The number of para-hydroxylation sites is 2. The maximum absolute atomic E-state index is 5.22. The standard InChI is InChI=1S/C22H29N5O.HI/c1-16(17-8-10-18(28-3)11-9-17)12-14-24-22(23-2)25-15-13-21-26-19-6-4-5-7-20(19)27-21;/h4-11,16H,12-15H2,1-3H3,(H,26,27)(H2,23,24,25);1H. The van der Waals surface area contributed by atoms with E-state index in [4.69, 9.17) is 4.74 Å². The number of rotatable bonds is 8. The van der Waals surface area contributed by atoms with E-state index >= 15 is 0 Å². The fourth-order valence-corrected chi connectivity index (χ4v) is 3.15. The van der Waals surface area contributed by atoms with E-state index in [1.807, 2.05) is 36.4 Å². The minimum Gasteiger partial charge on any atom is -0.497 e. The summed E-state index contributed by atoms with van der Waals surface area (Å²) in [5.74, 6) is 3.16. The van der Waals surface area contributed by atoms with Crippen LogP contribution in [0.5, 0.6) is 5.75 Å². The van der Waals surface area contributed by atoms with Crippen molar-refractivity contribution in [2.24, 2.45) is 4.99 Å². The quantitative estimate of drug-likeness (QED) is 0.244. The van der Waals surface area contributed by atoms with Crippen LogP contribution in [0.2, 0.25) is 0 Å². The smallest absolute Gasteiger partial charge is 0.190 e. The van der Waals surface area contributed by atoms with E-state index in [-0.39, 0.29) is 24.0 Å². The summed E-state index contributed by atoms with van der Waals surface area (Å²) in [5, 5.41) is 6.74. The largest absolute Gasteiger partial charge is 0.497 e. The lowest BCUT2D eigenvalue weighted by Gasteiger charge is -2.15. The Hall–Kier alpha value is -2.29. The number of fused-ring (bicyclic) bond motifs is 1. The second kappa shape index (κ2) is 11.6. The second-order valence-electron chi connectivity index (χ2n) is 6.84. The van der Waals surface area contributed by atoms with Gasteiger partial charge in [-0.1, -0.05) is 31.2 Å². The van der Waals surface area contributed by atoms with Crippen LogP contribution in [0.1, 0.15) is 30.7 Å². The zero-order chi connectivity index (χ0) is 19.8. The summed E-state index contributed by atoms with van der Waals surface area (Å²) in [7, 11) is 3.48. The molecule has 0 aliphatic carbocycles. The van der Waals surface area contributed by atoms with Gasteiger partial charge in [-0.05, 0) is 42.2 Å². The van der Waals surface area contributed by atoms with E-state index < -0.39 is 0 Å². The van der Waals surface area contributed by atoms with E-state index in [1.54, 1.807) is 14.2 Å². The predicted molar refractivity (Wildman–Crippen MR) is 131 cm³/mol. The Bertz CT molecular complexity index is 874. The highest BCUT2D eigenvalue weighted by Gasteiger charge is 2.07. The summed E-state index contributed by atoms with van der Waals surface area (Å²) < 4.78 is 5.22.